The van der Waals surface area contributed by atoms with Gasteiger partial charge in [-0.05, 0) is 24.1 Å². The van der Waals surface area contributed by atoms with Crippen LogP contribution in [0.3, 0.4) is 0 Å². The number of rotatable bonds is 4. The molecule has 0 spiro atoms. The molecule has 1 aliphatic heterocycles. The number of aryl methyl sites for hydroxylation is 1. The van der Waals surface area contributed by atoms with E-state index in [0.29, 0.717) is 0 Å². The summed E-state index contributed by atoms with van der Waals surface area (Å²) < 4.78 is 17.5. The van der Waals surface area contributed by atoms with Crippen molar-refractivity contribution in [2.45, 2.75) is 13.3 Å². The summed E-state index contributed by atoms with van der Waals surface area (Å²) in [7, 11) is -3.11. The van der Waals surface area contributed by atoms with Crippen LogP contribution in [-0.2, 0) is 11.0 Å². The lowest BCUT2D eigenvalue weighted by Gasteiger charge is -2.21. The minimum atomic E-state index is -3.11. The minimum Gasteiger partial charge on any atom is -0.319 e. The van der Waals surface area contributed by atoms with Gasteiger partial charge in [0.05, 0.1) is 0 Å². The van der Waals surface area contributed by atoms with Crippen molar-refractivity contribution >= 4 is 23.1 Å². The van der Waals surface area contributed by atoms with E-state index in [1.807, 2.05) is 60.7 Å². The summed E-state index contributed by atoms with van der Waals surface area (Å²) in [5, 5.41) is 2.64. The van der Waals surface area contributed by atoms with Crippen molar-refractivity contribution in [3.8, 4) is 16.8 Å². The molecule has 0 amide bonds. The van der Waals surface area contributed by atoms with Crippen molar-refractivity contribution in [1.82, 2.24) is 4.57 Å². The van der Waals surface area contributed by atoms with Crippen LogP contribution in [0.15, 0.2) is 115 Å². The first-order chi connectivity index (χ1) is 16.2. The van der Waals surface area contributed by atoms with E-state index in [0.717, 1.165) is 33.5 Å². The van der Waals surface area contributed by atoms with E-state index in [-0.39, 0.29) is 0 Å². The zero-order valence-corrected chi connectivity index (χ0v) is 19.4. The van der Waals surface area contributed by atoms with Crippen LogP contribution in [0.5, 0.6) is 0 Å². The molecule has 0 N–H and O–H groups in total. The molecule has 3 heteroatoms. The van der Waals surface area contributed by atoms with Gasteiger partial charge in [0, 0.05) is 45.5 Å². The molecule has 5 aromatic rings. The highest BCUT2D eigenvalue weighted by Gasteiger charge is 2.37. The smallest absolute Gasteiger partial charge is 0.173 e. The number of para-hydroxylation sites is 1. The van der Waals surface area contributed by atoms with Crippen molar-refractivity contribution < 1.29 is 4.57 Å². The first-order valence-corrected chi connectivity index (χ1v) is 13.0. The lowest BCUT2D eigenvalue weighted by atomic mass is 10.0. The summed E-state index contributed by atoms with van der Waals surface area (Å²) in [5.74, 6) is 0. The molecule has 0 saturated carbocycles. The molecule has 33 heavy (non-hydrogen) atoms. The molecule has 160 valence electrons. The van der Waals surface area contributed by atoms with Crippen LogP contribution in [0.2, 0.25) is 0 Å². The first-order valence-electron chi connectivity index (χ1n) is 11.3. The van der Waals surface area contributed by atoms with E-state index in [1.54, 1.807) is 0 Å². The molecule has 0 radical (unpaired) electrons. The van der Waals surface area contributed by atoms with Crippen LogP contribution in [0.4, 0.5) is 0 Å². The van der Waals surface area contributed by atoms with Gasteiger partial charge in [0.1, 0.15) is 0 Å². The second-order valence-corrected chi connectivity index (χ2v) is 11.4. The normalized spacial score (nSPS) is 12.4. The van der Waals surface area contributed by atoms with Gasteiger partial charge < -0.3 is 9.13 Å². The molecular formula is C30H24NOP. The molecule has 0 atom stereocenters. The molecule has 0 aliphatic carbocycles. The van der Waals surface area contributed by atoms with Gasteiger partial charge in [0.15, 0.2) is 7.14 Å². The van der Waals surface area contributed by atoms with Crippen molar-refractivity contribution in [3.63, 3.8) is 0 Å². The third kappa shape index (κ3) is 3.14. The Morgan fingerprint density at radius 1 is 0.697 bits per heavy atom. The Balaban J connectivity index is 1.70. The predicted octanol–water partition coefficient (Wildman–Crippen LogP) is 6.00. The lowest BCUT2D eigenvalue weighted by Crippen LogP contribution is -2.25. The maximum absolute atomic E-state index is 15.3. The van der Waals surface area contributed by atoms with Gasteiger partial charge in [0.2, 0.25) is 0 Å². The number of fused-ring (bicyclic) bond motifs is 3. The maximum Gasteiger partial charge on any atom is 0.173 e. The molecule has 0 bridgehead atoms. The van der Waals surface area contributed by atoms with Crippen molar-refractivity contribution in [2.24, 2.45) is 0 Å². The Morgan fingerprint density at radius 3 is 1.91 bits per heavy atom. The third-order valence-electron chi connectivity index (χ3n) is 6.62. The second kappa shape index (κ2) is 7.76. The summed E-state index contributed by atoms with van der Waals surface area (Å²) in [6, 6.07) is 37.0. The van der Waals surface area contributed by atoms with Crippen molar-refractivity contribution in [3.05, 3.63) is 132 Å². The van der Waals surface area contributed by atoms with Crippen LogP contribution < -0.4 is 15.9 Å². The van der Waals surface area contributed by atoms with E-state index in [4.69, 9.17) is 0 Å². The molecule has 4 aromatic carbocycles. The SMILES string of the molecule is Cc1ccc(-c2c(P(=O)(c3ccccc3)c3ccccc3)cn3c2Cc2ccccc2-3)cc1. The largest absolute Gasteiger partial charge is 0.319 e. The van der Waals surface area contributed by atoms with E-state index in [9.17, 15) is 0 Å². The Hall–Kier alpha value is -3.61. The van der Waals surface area contributed by atoms with Crippen molar-refractivity contribution in [2.75, 3.05) is 0 Å². The Bertz CT molecular complexity index is 1460. The number of hydrogen-bond donors (Lipinski definition) is 0. The van der Waals surface area contributed by atoms with Crippen LogP contribution in [0.1, 0.15) is 16.8 Å². The second-order valence-electron chi connectivity index (χ2n) is 8.66. The van der Waals surface area contributed by atoms with E-state index in [2.05, 4.69) is 66.2 Å². The fourth-order valence-corrected chi connectivity index (χ4v) is 7.86. The predicted molar refractivity (Wildman–Crippen MR) is 138 cm³/mol. The number of hydrogen-bond acceptors (Lipinski definition) is 1. The molecule has 0 unspecified atom stereocenters. The molecule has 0 fully saturated rings. The van der Waals surface area contributed by atoms with Gasteiger partial charge in [-0.25, -0.2) is 0 Å². The van der Waals surface area contributed by atoms with Crippen LogP contribution in [0, 0.1) is 6.92 Å². The van der Waals surface area contributed by atoms with E-state index in [1.165, 1.54) is 22.5 Å². The highest BCUT2D eigenvalue weighted by Crippen LogP contribution is 2.48. The Morgan fingerprint density at radius 2 is 1.27 bits per heavy atom. The standard InChI is InChI=1S/C30H24NOP/c1-22-16-18-23(19-17-22)30-28-20-24-10-8-9-15-27(24)31(28)21-29(30)33(32,25-11-4-2-5-12-25)26-13-6-3-7-14-26/h2-19,21H,20H2,1H3. The zero-order valence-electron chi connectivity index (χ0n) is 18.5. The highest BCUT2D eigenvalue weighted by molar-refractivity contribution is 7.85. The summed E-state index contributed by atoms with van der Waals surface area (Å²) >= 11 is 0. The van der Waals surface area contributed by atoms with Gasteiger partial charge in [-0.3, -0.25) is 0 Å². The molecular weight excluding hydrogens is 421 g/mol. The average Bonchev–Trinajstić information content (AvgIpc) is 3.42. The summed E-state index contributed by atoms with van der Waals surface area (Å²) in [4.78, 5) is 0. The van der Waals surface area contributed by atoms with Gasteiger partial charge in [-0.1, -0.05) is 109 Å². The Labute approximate surface area is 194 Å². The van der Waals surface area contributed by atoms with E-state index >= 15 is 4.57 Å². The van der Waals surface area contributed by atoms with Gasteiger partial charge in [-0.15, -0.1) is 0 Å². The fourth-order valence-electron chi connectivity index (χ4n) is 4.97. The molecule has 1 aromatic heterocycles. The van der Waals surface area contributed by atoms with Gasteiger partial charge in [0.25, 0.3) is 0 Å². The third-order valence-corrected chi connectivity index (χ3v) is 9.68. The molecule has 1 aliphatic rings. The van der Waals surface area contributed by atoms with Gasteiger partial charge in [-0.2, -0.15) is 0 Å². The summed E-state index contributed by atoms with van der Waals surface area (Å²) in [6.45, 7) is 2.10. The maximum atomic E-state index is 15.3. The lowest BCUT2D eigenvalue weighted by molar-refractivity contribution is 0.592. The van der Waals surface area contributed by atoms with E-state index < -0.39 is 7.14 Å². The summed E-state index contributed by atoms with van der Waals surface area (Å²) in [6.07, 6.45) is 2.97. The number of nitrogens with zero attached hydrogens (tertiary/aromatic N) is 1. The molecule has 2 nitrogen and oxygen atoms in total. The van der Waals surface area contributed by atoms with Crippen molar-refractivity contribution in [1.29, 1.82) is 0 Å². The van der Waals surface area contributed by atoms with Crippen LogP contribution in [-0.4, -0.2) is 4.57 Å². The fraction of sp³-hybridized carbons (Fsp3) is 0.0667. The average molecular weight is 446 g/mol. The topological polar surface area (TPSA) is 22.0 Å². The monoisotopic (exact) mass is 445 g/mol. The van der Waals surface area contributed by atoms with Crippen LogP contribution in [0.25, 0.3) is 16.8 Å². The summed E-state index contributed by atoms with van der Waals surface area (Å²) in [5.41, 5.74) is 7.13. The Kier molecular flexibility index (Phi) is 4.71. The van der Waals surface area contributed by atoms with Gasteiger partial charge >= 0.3 is 0 Å². The number of benzene rings is 4. The zero-order chi connectivity index (χ0) is 22.4. The van der Waals surface area contributed by atoms with Crippen LogP contribution >= 0.6 is 7.14 Å². The minimum absolute atomic E-state index is 0.836. The highest BCUT2D eigenvalue weighted by atomic mass is 31.2. The molecule has 6 rings (SSSR count). The molecule has 0 saturated heterocycles. The first kappa shape index (κ1) is 20.0. The number of aromatic nitrogens is 1. The molecule has 2 heterocycles. The quantitative estimate of drug-likeness (QED) is 0.305.